The number of hydrogen-bond acceptors (Lipinski definition) is 8. The van der Waals surface area contributed by atoms with Crippen LogP contribution < -0.4 is 5.46 Å². The Morgan fingerprint density at radius 2 is 0.708 bits per heavy atom. The van der Waals surface area contributed by atoms with Crippen LogP contribution in [0.1, 0.15) is 122 Å². The second-order valence-corrected chi connectivity index (χ2v) is 18.0. The third-order valence-corrected chi connectivity index (χ3v) is 11.0. The van der Waals surface area contributed by atoms with Gasteiger partial charge in [0.05, 0.1) is 44.8 Å². The summed E-state index contributed by atoms with van der Waals surface area (Å²) in [4.78, 5) is 0. The van der Waals surface area contributed by atoms with Gasteiger partial charge >= 0.3 is 21.1 Å². The first-order valence-corrected chi connectivity index (χ1v) is 17.6. The van der Waals surface area contributed by atoms with Gasteiger partial charge in [0.15, 0.2) is 0 Å². The predicted octanol–water partition coefficient (Wildman–Crippen LogP) is 7.14. The number of benzene rings is 2. The van der Waals surface area contributed by atoms with Crippen LogP contribution in [0.4, 0.5) is 0 Å². The van der Waals surface area contributed by atoms with Crippen LogP contribution in [-0.4, -0.2) is 65.0 Å². The molecule has 0 atom stereocenters. The fraction of sp³-hybridized carbons (Fsp3) is 0.667. The van der Waals surface area contributed by atoms with Gasteiger partial charge in [0.25, 0.3) is 0 Å². The van der Waals surface area contributed by atoms with E-state index in [2.05, 4.69) is 15.9 Å². The molecule has 8 nitrogen and oxygen atoms in total. The molecule has 0 unspecified atom stereocenters. The molecule has 2 aromatic carbocycles. The van der Waals surface area contributed by atoms with E-state index in [0.29, 0.717) is 0 Å². The van der Waals surface area contributed by atoms with E-state index in [-0.39, 0.29) is 40.7 Å². The summed E-state index contributed by atoms with van der Waals surface area (Å²) in [7, 11) is -1.30. The highest BCUT2D eigenvalue weighted by Crippen LogP contribution is 2.43. The number of rotatable bonds is 4. The number of halogens is 1. The van der Waals surface area contributed by atoms with Crippen molar-refractivity contribution in [3.05, 3.63) is 64.1 Å². The molecule has 3 saturated heterocycles. The smallest absolute Gasteiger partial charge is 0.405 e. The Balaban J connectivity index is 0.000000203. The standard InChI is InChI=1S/C15H23BO3.C12H24B2O4.C9H11BrO/c1-13(2,17)11-7-9-12(10-8-11)16-18-14(3,4)15(5,6)19-16;1-9(2)10(3,4)16-13(15-9)14-17-11(5,6)12(7,8)18-14;1-9(2,11)7-3-5-8(10)6-4-7/h7-10,17H,1-6H3;1-8H3;3-6,11H,1-2H3. The molecule has 266 valence electrons. The highest BCUT2D eigenvalue weighted by molar-refractivity contribution is 9.10. The Labute approximate surface area is 299 Å². The van der Waals surface area contributed by atoms with Gasteiger partial charge in [0.1, 0.15) is 0 Å². The highest BCUT2D eigenvalue weighted by atomic mass is 79.9. The number of aliphatic hydroxyl groups is 2. The van der Waals surface area contributed by atoms with Crippen LogP contribution >= 0.6 is 15.9 Å². The molecule has 3 aliphatic heterocycles. The lowest BCUT2D eigenvalue weighted by Crippen LogP contribution is -2.41. The van der Waals surface area contributed by atoms with E-state index < -0.39 is 25.2 Å². The van der Waals surface area contributed by atoms with E-state index in [4.69, 9.17) is 27.9 Å². The van der Waals surface area contributed by atoms with Crippen molar-refractivity contribution >= 4 is 42.5 Å². The zero-order chi connectivity index (χ0) is 36.9. The topological polar surface area (TPSA) is 95.8 Å². The molecule has 0 spiro atoms. The average molecular weight is 731 g/mol. The quantitative estimate of drug-likeness (QED) is 0.321. The van der Waals surface area contributed by atoms with E-state index in [1.165, 1.54) is 0 Å². The van der Waals surface area contributed by atoms with Crippen LogP contribution in [0.15, 0.2) is 53.0 Å². The molecule has 2 aromatic rings. The van der Waals surface area contributed by atoms with E-state index in [9.17, 15) is 10.2 Å². The summed E-state index contributed by atoms with van der Waals surface area (Å²) < 4.78 is 36.9. The Morgan fingerprint density at radius 3 is 0.979 bits per heavy atom. The van der Waals surface area contributed by atoms with Crippen molar-refractivity contribution in [2.24, 2.45) is 0 Å². The fourth-order valence-corrected chi connectivity index (χ4v) is 5.15. The van der Waals surface area contributed by atoms with Crippen LogP contribution in [0.25, 0.3) is 0 Å². The van der Waals surface area contributed by atoms with Crippen LogP contribution in [0, 0.1) is 0 Å². The van der Waals surface area contributed by atoms with Crippen molar-refractivity contribution in [2.75, 3.05) is 0 Å². The minimum atomic E-state index is -0.825. The van der Waals surface area contributed by atoms with Crippen LogP contribution in [0.3, 0.4) is 0 Å². The zero-order valence-electron chi connectivity index (χ0n) is 32.1. The molecule has 3 fully saturated rings. The van der Waals surface area contributed by atoms with E-state index in [1.807, 2.05) is 132 Å². The van der Waals surface area contributed by atoms with E-state index >= 15 is 0 Å². The van der Waals surface area contributed by atoms with Crippen molar-refractivity contribution in [1.29, 1.82) is 0 Å². The average Bonchev–Trinajstić information content (AvgIpc) is 3.37. The first kappa shape index (κ1) is 41.2. The second kappa shape index (κ2) is 13.7. The summed E-state index contributed by atoms with van der Waals surface area (Å²) in [6.07, 6.45) is 0. The summed E-state index contributed by atoms with van der Waals surface area (Å²) >= 11 is 3.33. The summed E-state index contributed by atoms with van der Waals surface area (Å²) in [5.41, 5.74) is -0.862. The lowest BCUT2D eigenvalue weighted by molar-refractivity contribution is 0.00578. The molecule has 48 heavy (non-hydrogen) atoms. The molecule has 5 rings (SSSR count). The van der Waals surface area contributed by atoms with Gasteiger partial charge in [-0.05, 0) is 140 Å². The normalized spacial score (nSPS) is 23.3. The summed E-state index contributed by atoms with van der Waals surface area (Å²) in [6.45, 7) is 31.5. The molecule has 0 radical (unpaired) electrons. The molecule has 0 bridgehead atoms. The van der Waals surface area contributed by atoms with Gasteiger partial charge in [0, 0.05) is 4.47 Å². The highest BCUT2D eigenvalue weighted by Gasteiger charge is 2.63. The van der Waals surface area contributed by atoms with Crippen molar-refractivity contribution in [2.45, 2.75) is 156 Å². The first-order valence-electron chi connectivity index (χ1n) is 16.8. The van der Waals surface area contributed by atoms with E-state index in [1.54, 1.807) is 27.7 Å². The molecule has 3 aliphatic rings. The van der Waals surface area contributed by atoms with Crippen molar-refractivity contribution < 1.29 is 38.1 Å². The van der Waals surface area contributed by atoms with Gasteiger partial charge in [-0.15, -0.1) is 0 Å². The van der Waals surface area contributed by atoms with Crippen LogP contribution in [-0.2, 0) is 39.1 Å². The molecule has 3 heterocycles. The maximum Gasteiger partial charge on any atom is 0.494 e. The molecular formula is C36H58B3BrO8. The Morgan fingerprint density at radius 1 is 0.458 bits per heavy atom. The lowest BCUT2D eigenvalue weighted by Gasteiger charge is -2.32. The van der Waals surface area contributed by atoms with Gasteiger partial charge in [-0.3, -0.25) is 0 Å². The van der Waals surface area contributed by atoms with Gasteiger partial charge in [-0.25, -0.2) is 0 Å². The fourth-order valence-electron chi connectivity index (χ4n) is 4.88. The van der Waals surface area contributed by atoms with Crippen molar-refractivity contribution in [1.82, 2.24) is 0 Å². The van der Waals surface area contributed by atoms with Crippen LogP contribution in [0.2, 0.25) is 0 Å². The van der Waals surface area contributed by atoms with Gasteiger partial charge in [-0.2, -0.15) is 0 Å². The maximum absolute atomic E-state index is 9.95. The summed E-state index contributed by atoms with van der Waals surface area (Å²) in [6, 6.07) is 15.4. The molecule has 0 saturated carbocycles. The van der Waals surface area contributed by atoms with Gasteiger partial charge < -0.3 is 38.1 Å². The molecule has 2 N–H and O–H groups in total. The largest absolute Gasteiger partial charge is 0.494 e. The SMILES string of the molecule is CC(C)(O)c1ccc(B2OC(C)(C)C(C)(C)O2)cc1.CC(C)(O)c1ccc(Br)cc1.CC1(C)OB(B2OC(C)(C)C(C)(C)O2)OC1(C)C. The third kappa shape index (κ3) is 9.36. The third-order valence-electron chi connectivity index (χ3n) is 10.5. The second-order valence-electron chi connectivity index (χ2n) is 17.1. The Hall–Kier alpha value is -1.21. The van der Waals surface area contributed by atoms with Gasteiger partial charge in [0.2, 0.25) is 0 Å². The van der Waals surface area contributed by atoms with Crippen molar-refractivity contribution in [3.8, 4) is 0 Å². The lowest BCUT2D eigenvalue weighted by atomic mass is 9.49. The summed E-state index contributed by atoms with van der Waals surface area (Å²) in [5, 5.41) is 19.5. The van der Waals surface area contributed by atoms with Crippen LogP contribution in [0.5, 0.6) is 0 Å². The zero-order valence-corrected chi connectivity index (χ0v) is 33.7. The van der Waals surface area contributed by atoms with E-state index in [0.717, 1.165) is 21.1 Å². The Kier molecular flexibility index (Phi) is 11.8. The maximum atomic E-state index is 9.95. The molecular weight excluding hydrogens is 673 g/mol. The minimum Gasteiger partial charge on any atom is -0.405 e. The predicted molar refractivity (Wildman–Crippen MR) is 199 cm³/mol. The van der Waals surface area contributed by atoms with Crippen molar-refractivity contribution in [3.63, 3.8) is 0 Å². The number of hydrogen-bond donors (Lipinski definition) is 2. The molecule has 12 heteroatoms. The minimum absolute atomic E-state index is 0.327. The monoisotopic (exact) mass is 730 g/mol. The first-order chi connectivity index (χ1) is 21.4. The van der Waals surface area contributed by atoms with Gasteiger partial charge in [-0.1, -0.05) is 52.3 Å². The summed E-state index contributed by atoms with van der Waals surface area (Å²) in [5.74, 6) is 0. The molecule has 0 aliphatic carbocycles. The Bertz CT molecular complexity index is 1300. The molecule has 0 amide bonds. The molecule has 0 aromatic heterocycles.